The van der Waals surface area contributed by atoms with Crippen molar-refractivity contribution in [2.45, 2.75) is 19.6 Å². The number of ether oxygens (including phenoxy) is 1. The minimum Gasteiger partial charge on any atom is -0.497 e. The SMILES string of the molecule is COc1ccc(CSCC(=O)NN=Cc2cc(C)n(-c3ccc(Cl)cc3Cl)c2C)cc1. The molecule has 0 aliphatic heterocycles. The van der Waals surface area contributed by atoms with E-state index in [1.54, 1.807) is 25.5 Å². The van der Waals surface area contributed by atoms with E-state index in [1.165, 1.54) is 11.8 Å². The van der Waals surface area contributed by atoms with E-state index in [2.05, 4.69) is 10.5 Å². The van der Waals surface area contributed by atoms with Crippen molar-refractivity contribution in [2.75, 3.05) is 12.9 Å². The quantitative estimate of drug-likeness (QED) is 0.331. The van der Waals surface area contributed by atoms with Gasteiger partial charge in [0.1, 0.15) is 5.75 Å². The van der Waals surface area contributed by atoms with E-state index in [0.29, 0.717) is 15.8 Å². The molecule has 0 bridgehead atoms. The first-order chi connectivity index (χ1) is 14.9. The topological polar surface area (TPSA) is 55.6 Å². The molecule has 5 nitrogen and oxygen atoms in total. The second-order valence-electron chi connectivity index (χ2n) is 6.89. The van der Waals surface area contributed by atoms with Gasteiger partial charge in [0.05, 0.1) is 29.8 Å². The van der Waals surface area contributed by atoms with Gasteiger partial charge in [-0.25, -0.2) is 5.43 Å². The first-order valence-electron chi connectivity index (χ1n) is 9.56. The third-order valence-corrected chi connectivity index (χ3v) is 6.22. The highest BCUT2D eigenvalue weighted by Crippen LogP contribution is 2.28. The Hall–Kier alpha value is -2.41. The molecule has 162 valence electrons. The van der Waals surface area contributed by atoms with Crippen molar-refractivity contribution < 1.29 is 9.53 Å². The lowest BCUT2D eigenvalue weighted by Crippen LogP contribution is -2.19. The molecule has 0 radical (unpaired) electrons. The Morgan fingerprint density at radius 3 is 2.58 bits per heavy atom. The van der Waals surface area contributed by atoms with Crippen LogP contribution in [-0.2, 0) is 10.5 Å². The molecule has 3 aromatic rings. The number of rotatable bonds is 8. The van der Waals surface area contributed by atoms with E-state index in [9.17, 15) is 4.79 Å². The van der Waals surface area contributed by atoms with Crippen LogP contribution in [0.25, 0.3) is 5.69 Å². The average molecular weight is 476 g/mol. The van der Waals surface area contributed by atoms with Crippen molar-refractivity contribution in [1.29, 1.82) is 0 Å². The summed E-state index contributed by atoms with van der Waals surface area (Å²) in [6.45, 7) is 3.97. The molecule has 0 atom stereocenters. The molecule has 2 aromatic carbocycles. The Morgan fingerprint density at radius 2 is 1.90 bits per heavy atom. The molecular formula is C23H23Cl2N3O2S. The zero-order valence-electron chi connectivity index (χ0n) is 17.5. The van der Waals surface area contributed by atoms with Crippen LogP contribution < -0.4 is 10.2 Å². The highest BCUT2D eigenvalue weighted by Gasteiger charge is 2.12. The molecule has 0 saturated heterocycles. The number of halogens is 2. The van der Waals surface area contributed by atoms with Crippen molar-refractivity contribution in [2.24, 2.45) is 5.10 Å². The van der Waals surface area contributed by atoms with Crippen LogP contribution in [0.1, 0.15) is 22.5 Å². The standard InChI is InChI=1S/C23H23Cl2N3O2S/c1-15-10-18(16(2)28(15)22-9-6-19(24)11-21(22)25)12-26-27-23(29)14-31-13-17-4-7-20(30-3)8-5-17/h4-12H,13-14H2,1-3H3,(H,27,29). The number of thioether (sulfide) groups is 1. The van der Waals surface area contributed by atoms with Crippen molar-refractivity contribution in [1.82, 2.24) is 9.99 Å². The number of carbonyl (C=O) groups is 1. The normalized spacial score (nSPS) is 11.1. The van der Waals surface area contributed by atoms with Gasteiger partial charge in [-0.1, -0.05) is 35.3 Å². The zero-order chi connectivity index (χ0) is 22.4. The second kappa shape index (κ2) is 10.8. The Balaban J connectivity index is 1.56. The first-order valence-corrected chi connectivity index (χ1v) is 11.5. The maximum atomic E-state index is 12.1. The minimum atomic E-state index is -0.149. The summed E-state index contributed by atoms with van der Waals surface area (Å²) in [4.78, 5) is 12.1. The van der Waals surface area contributed by atoms with Gasteiger partial charge in [0.15, 0.2) is 0 Å². The van der Waals surface area contributed by atoms with Crippen molar-refractivity contribution in [3.63, 3.8) is 0 Å². The lowest BCUT2D eigenvalue weighted by atomic mass is 10.2. The van der Waals surface area contributed by atoms with Gasteiger partial charge in [0.2, 0.25) is 5.91 Å². The van der Waals surface area contributed by atoms with Gasteiger partial charge in [-0.3, -0.25) is 4.79 Å². The van der Waals surface area contributed by atoms with Crippen molar-refractivity contribution >= 4 is 47.1 Å². The van der Waals surface area contributed by atoms with Gasteiger partial charge in [-0.05, 0) is 55.8 Å². The third-order valence-electron chi connectivity index (χ3n) is 4.67. The van der Waals surface area contributed by atoms with Crippen LogP contribution in [0, 0.1) is 13.8 Å². The molecule has 0 aliphatic carbocycles. The van der Waals surface area contributed by atoms with Gasteiger partial charge in [-0.15, -0.1) is 11.8 Å². The Labute approximate surface area is 196 Å². The number of amides is 1. The van der Waals surface area contributed by atoms with Gasteiger partial charge in [-0.2, -0.15) is 5.10 Å². The molecule has 1 aromatic heterocycles. The van der Waals surface area contributed by atoms with Crippen LogP contribution in [0.2, 0.25) is 10.0 Å². The maximum absolute atomic E-state index is 12.1. The Morgan fingerprint density at radius 1 is 1.16 bits per heavy atom. The summed E-state index contributed by atoms with van der Waals surface area (Å²) in [5.41, 5.74) is 7.44. The summed E-state index contributed by atoms with van der Waals surface area (Å²) in [5.74, 6) is 1.73. The highest BCUT2D eigenvalue weighted by atomic mass is 35.5. The van der Waals surface area contributed by atoms with E-state index in [0.717, 1.165) is 39.7 Å². The molecule has 0 spiro atoms. The van der Waals surface area contributed by atoms with Crippen LogP contribution in [0.3, 0.4) is 0 Å². The number of methoxy groups -OCH3 is 1. The van der Waals surface area contributed by atoms with Crippen LogP contribution in [-0.4, -0.2) is 29.6 Å². The summed E-state index contributed by atoms with van der Waals surface area (Å²) in [6, 6.07) is 15.2. The number of hydrogen-bond acceptors (Lipinski definition) is 4. The molecular weight excluding hydrogens is 453 g/mol. The lowest BCUT2D eigenvalue weighted by molar-refractivity contribution is -0.118. The van der Waals surface area contributed by atoms with Crippen molar-refractivity contribution in [3.05, 3.63) is 81.1 Å². The smallest absolute Gasteiger partial charge is 0.250 e. The van der Waals surface area contributed by atoms with Crippen LogP contribution in [0.4, 0.5) is 0 Å². The van der Waals surface area contributed by atoms with Gasteiger partial charge < -0.3 is 9.30 Å². The second-order valence-corrected chi connectivity index (χ2v) is 8.72. The zero-order valence-corrected chi connectivity index (χ0v) is 19.8. The predicted octanol–water partition coefficient (Wildman–Crippen LogP) is 5.79. The fourth-order valence-electron chi connectivity index (χ4n) is 3.14. The lowest BCUT2D eigenvalue weighted by Gasteiger charge is -2.11. The number of carbonyl (C=O) groups excluding carboxylic acids is 1. The summed E-state index contributed by atoms with van der Waals surface area (Å²) in [6.07, 6.45) is 1.65. The maximum Gasteiger partial charge on any atom is 0.250 e. The van der Waals surface area contributed by atoms with Gasteiger partial charge in [0.25, 0.3) is 0 Å². The summed E-state index contributed by atoms with van der Waals surface area (Å²) in [5, 5.41) is 5.27. The van der Waals surface area contributed by atoms with Gasteiger partial charge in [0, 0.05) is 27.7 Å². The number of aromatic nitrogens is 1. The number of benzene rings is 2. The molecule has 1 amide bonds. The van der Waals surface area contributed by atoms with E-state index < -0.39 is 0 Å². The van der Waals surface area contributed by atoms with Gasteiger partial charge >= 0.3 is 0 Å². The third kappa shape index (κ3) is 6.06. The fourth-order valence-corrected chi connectivity index (χ4v) is 4.41. The summed E-state index contributed by atoms with van der Waals surface area (Å²) in [7, 11) is 1.64. The van der Waals surface area contributed by atoms with Crippen LogP contribution in [0.15, 0.2) is 53.6 Å². The number of aryl methyl sites for hydroxylation is 1. The van der Waals surface area contributed by atoms with E-state index in [4.69, 9.17) is 27.9 Å². The fraction of sp³-hybridized carbons (Fsp3) is 0.217. The molecule has 0 aliphatic rings. The largest absolute Gasteiger partial charge is 0.497 e. The number of nitrogens with zero attached hydrogens (tertiary/aromatic N) is 2. The Bertz CT molecular complexity index is 1090. The van der Waals surface area contributed by atoms with Crippen molar-refractivity contribution in [3.8, 4) is 11.4 Å². The molecule has 3 rings (SSSR count). The molecule has 0 saturated carbocycles. The summed E-state index contributed by atoms with van der Waals surface area (Å²) >= 11 is 13.9. The predicted molar refractivity (Wildman–Crippen MR) is 130 cm³/mol. The molecule has 8 heteroatoms. The summed E-state index contributed by atoms with van der Waals surface area (Å²) < 4.78 is 7.18. The van der Waals surface area contributed by atoms with E-state index >= 15 is 0 Å². The number of hydrazone groups is 1. The molecule has 1 heterocycles. The minimum absolute atomic E-state index is 0.149. The molecule has 0 fully saturated rings. The van der Waals surface area contributed by atoms with Crippen LogP contribution >= 0.6 is 35.0 Å². The molecule has 1 N–H and O–H groups in total. The van der Waals surface area contributed by atoms with E-state index in [1.807, 2.05) is 54.8 Å². The van der Waals surface area contributed by atoms with Crippen LogP contribution in [0.5, 0.6) is 5.75 Å². The van der Waals surface area contributed by atoms with E-state index in [-0.39, 0.29) is 5.91 Å². The highest BCUT2D eigenvalue weighted by molar-refractivity contribution is 7.99. The average Bonchev–Trinajstić information content (AvgIpc) is 3.02. The monoisotopic (exact) mass is 475 g/mol. The number of hydrogen-bond donors (Lipinski definition) is 1. The molecule has 31 heavy (non-hydrogen) atoms. The number of nitrogens with one attached hydrogen (secondary N) is 1. The first kappa shape index (κ1) is 23.3. The molecule has 0 unspecified atom stereocenters. The Kier molecular flexibility index (Phi) is 8.07.